The maximum Gasteiger partial charge on any atom is 0.305 e. The fourth-order valence-electron chi connectivity index (χ4n) is 1.81. The van der Waals surface area contributed by atoms with Crippen molar-refractivity contribution in [1.82, 2.24) is 0 Å². The third-order valence-corrected chi connectivity index (χ3v) is 3.08. The zero-order valence-corrected chi connectivity index (χ0v) is 15.0. The highest BCUT2D eigenvalue weighted by Crippen LogP contribution is 2.03. The standard InChI is InChI=1S/C17H34O7/c1-2-3-4-5-6-17(19)24-16-15-23-14-13-22-12-11-21-10-9-20-8-7-18/h18H,2-16H2,1H3. The molecule has 0 aliphatic heterocycles. The number of hydrogen-bond donors (Lipinski definition) is 1. The molecule has 0 atom stereocenters. The van der Waals surface area contributed by atoms with Gasteiger partial charge in [-0.3, -0.25) is 4.79 Å². The number of carbonyl (C=O) groups excluding carboxylic acids is 1. The maximum atomic E-state index is 11.4. The van der Waals surface area contributed by atoms with E-state index in [1.165, 1.54) is 6.42 Å². The van der Waals surface area contributed by atoms with Gasteiger partial charge in [0.25, 0.3) is 0 Å². The Bertz CT molecular complexity index is 261. The fraction of sp³-hybridized carbons (Fsp3) is 0.941. The Morgan fingerprint density at radius 1 is 0.708 bits per heavy atom. The van der Waals surface area contributed by atoms with E-state index in [1.807, 2.05) is 0 Å². The number of aliphatic hydroxyl groups is 1. The summed E-state index contributed by atoms with van der Waals surface area (Å²) in [5.41, 5.74) is 0. The van der Waals surface area contributed by atoms with Gasteiger partial charge in [0.15, 0.2) is 0 Å². The van der Waals surface area contributed by atoms with Crippen molar-refractivity contribution in [3.05, 3.63) is 0 Å². The molecule has 0 fully saturated rings. The van der Waals surface area contributed by atoms with Gasteiger partial charge in [0.2, 0.25) is 0 Å². The summed E-state index contributed by atoms with van der Waals surface area (Å²) < 4.78 is 26.0. The molecule has 24 heavy (non-hydrogen) atoms. The van der Waals surface area contributed by atoms with Crippen molar-refractivity contribution in [1.29, 1.82) is 0 Å². The maximum absolute atomic E-state index is 11.4. The molecular formula is C17H34O7. The molecular weight excluding hydrogens is 316 g/mol. The van der Waals surface area contributed by atoms with Crippen molar-refractivity contribution in [2.45, 2.75) is 39.0 Å². The molecule has 0 radical (unpaired) electrons. The summed E-state index contributed by atoms with van der Waals surface area (Å²) in [6.45, 7) is 6.10. The average molecular weight is 350 g/mol. The molecule has 7 heteroatoms. The van der Waals surface area contributed by atoms with Gasteiger partial charge in [0, 0.05) is 6.42 Å². The van der Waals surface area contributed by atoms with E-state index in [0.29, 0.717) is 65.9 Å². The molecule has 7 nitrogen and oxygen atoms in total. The number of carbonyl (C=O) groups is 1. The molecule has 0 bridgehead atoms. The minimum absolute atomic E-state index is 0.0290. The summed E-state index contributed by atoms with van der Waals surface area (Å²) in [5.74, 6) is -0.147. The van der Waals surface area contributed by atoms with E-state index in [4.69, 9.17) is 28.8 Å². The topological polar surface area (TPSA) is 83.5 Å². The molecule has 1 N–H and O–H groups in total. The Kier molecular flexibility index (Phi) is 19.7. The lowest BCUT2D eigenvalue weighted by Crippen LogP contribution is -2.14. The van der Waals surface area contributed by atoms with Crippen LogP contribution in [0.3, 0.4) is 0 Å². The van der Waals surface area contributed by atoms with E-state index in [9.17, 15) is 4.79 Å². The molecule has 0 saturated heterocycles. The second-order valence-electron chi connectivity index (χ2n) is 5.20. The first-order chi connectivity index (χ1) is 11.8. The third kappa shape index (κ3) is 19.3. The van der Waals surface area contributed by atoms with E-state index in [0.717, 1.165) is 19.3 Å². The summed E-state index contributed by atoms with van der Waals surface area (Å²) in [7, 11) is 0. The molecule has 0 aliphatic rings. The second-order valence-corrected chi connectivity index (χ2v) is 5.20. The Morgan fingerprint density at radius 3 is 1.71 bits per heavy atom. The zero-order valence-electron chi connectivity index (χ0n) is 15.0. The molecule has 0 aliphatic carbocycles. The summed E-state index contributed by atoms with van der Waals surface area (Å²) in [6.07, 6.45) is 4.80. The van der Waals surface area contributed by atoms with Gasteiger partial charge in [0.1, 0.15) is 6.61 Å². The van der Waals surface area contributed by atoms with Crippen LogP contribution in [0, 0.1) is 0 Å². The largest absolute Gasteiger partial charge is 0.463 e. The monoisotopic (exact) mass is 350 g/mol. The average Bonchev–Trinajstić information content (AvgIpc) is 2.59. The number of aliphatic hydroxyl groups excluding tert-OH is 1. The molecule has 0 rings (SSSR count). The van der Waals surface area contributed by atoms with Crippen molar-refractivity contribution in [2.75, 3.05) is 66.1 Å². The molecule has 0 aromatic carbocycles. The molecule has 0 heterocycles. The van der Waals surface area contributed by atoms with Crippen LogP contribution in [0.25, 0.3) is 0 Å². The van der Waals surface area contributed by atoms with E-state index >= 15 is 0 Å². The molecule has 0 unspecified atom stereocenters. The first kappa shape index (κ1) is 23.3. The minimum atomic E-state index is -0.147. The summed E-state index contributed by atoms with van der Waals surface area (Å²) in [4.78, 5) is 11.4. The summed E-state index contributed by atoms with van der Waals surface area (Å²) in [5, 5.41) is 8.50. The number of unbranched alkanes of at least 4 members (excludes halogenated alkanes) is 3. The highest BCUT2D eigenvalue weighted by Gasteiger charge is 2.02. The van der Waals surface area contributed by atoms with E-state index < -0.39 is 0 Å². The Balaban J connectivity index is 3.08. The predicted molar refractivity (Wildman–Crippen MR) is 90.1 cm³/mol. The van der Waals surface area contributed by atoms with E-state index in [-0.39, 0.29) is 12.6 Å². The van der Waals surface area contributed by atoms with Gasteiger partial charge >= 0.3 is 5.97 Å². The molecule has 144 valence electrons. The van der Waals surface area contributed by atoms with Gasteiger partial charge in [0.05, 0.1) is 59.5 Å². The lowest BCUT2D eigenvalue weighted by Gasteiger charge is -2.08. The lowest BCUT2D eigenvalue weighted by molar-refractivity contribution is -0.145. The number of esters is 1. The van der Waals surface area contributed by atoms with Crippen molar-refractivity contribution < 1.29 is 33.6 Å². The Labute approximate surface area is 145 Å². The number of ether oxygens (including phenoxy) is 5. The van der Waals surface area contributed by atoms with Crippen LogP contribution in [-0.2, 0) is 28.5 Å². The van der Waals surface area contributed by atoms with Gasteiger partial charge in [-0.15, -0.1) is 0 Å². The summed E-state index contributed by atoms with van der Waals surface area (Å²) >= 11 is 0. The van der Waals surface area contributed by atoms with Gasteiger partial charge in [-0.05, 0) is 6.42 Å². The molecule has 0 spiro atoms. The second kappa shape index (κ2) is 20.3. The SMILES string of the molecule is CCCCCCC(=O)OCCOCCOCCOCCOCCO. The van der Waals surface area contributed by atoms with Crippen LogP contribution >= 0.6 is 0 Å². The van der Waals surface area contributed by atoms with E-state index in [2.05, 4.69) is 6.92 Å². The van der Waals surface area contributed by atoms with Crippen LogP contribution in [0.15, 0.2) is 0 Å². The number of hydrogen-bond acceptors (Lipinski definition) is 7. The van der Waals surface area contributed by atoms with Gasteiger partial charge in [-0.1, -0.05) is 26.2 Å². The fourth-order valence-corrected chi connectivity index (χ4v) is 1.81. The van der Waals surface area contributed by atoms with Crippen LogP contribution in [-0.4, -0.2) is 77.1 Å². The van der Waals surface area contributed by atoms with Crippen molar-refractivity contribution >= 4 is 5.97 Å². The van der Waals surface area contributed by atoms with E-state index in [1.54, 1.807) is 0 Å². The van der Waals surface area contributed by atoms with Crippen LogP contribution in [0.2, 0.25) is 0 Å². The Morgan fingerprint density at radius 2 is 1.21 bits per heavy atom. The van der Waals surface area contributed by atoms with Gasteiger partial charge in [-0.25, -0.2) is 0 Å². The lowest BCUT2D eigenvalue weighted by atomic mass is 10.2. The highest BCUT2D eigenvalue weighted by molar-refractivity contribution is 5.69. The quantitative estimate of drug-likeness (QED) is 0.279. The van der Waals surface area contributed by atoms with Crippen molar-refractivity contribution in [2.24, 2.45) is 0 Å². The van der Waals surface area contributed by atoms with Crippen molar-refractivity contribution in [3.8, 4) is 0 Å². The zero-order chi connectivity index (χ0) is 17.7. The first-order valence-corrected chi connectivity index (χ1v) is 8.88. The van der Waals surface area contributed by atoms with Crippen molar-refractivity contribution in [3.63, 3.8) is 0 Å². The minimum Gasteiger partial charge on any atom is -0.463 e. The first-order valence-electron chi connectivity index (χ1n) is 8.88. The smallest absolute Gasteiger partial charge is 0.305 e. The molecule has 0 aromatic rings. The van der Waals surface area contributed by atoms with Crippen LogP contribution in [0.4, 0.5) is 0 Å². The molecule has 0 amide bonds. The predicted octanol–water partition coefficient (Wildman–Crippen LogP) is 1.56. The van der Waals surface area contributed by atoms with Gasteiger partial charge in [-0.2, -0.15) is 0 Å². The van der Waals surface area contributed by atoms with Crippen LogP contribution < -0.4 is 0 Å². The third-order valence-electron chi connectivity index (χ3n) is 3.08. The number of rotatable bonds is 19. The normalized spacial score (nSPS) is 10.9. The van der Waals surface area contributed by atoms with Crippen LogP contribution in [0.1, 0.15) is 39.0 Å². The summed E-state index contributed by atoms with van der Waals surface area (Å²) in [6, 6.07) is 0. The molecule has 0 aromatic heterocycles. The highest BCUT2D eigenvalue weighted by atomic mass is 16.6. The Hall–Kier alpha value is -0.730. The van der Waals surface area contributed by atoms with Crippen LogP contribution in [0.5, 0.6) is 0 Å². The molecule has 0 saturated carbocycles. The van der Waals surface area contributed by atoms with Gasteiger partial charge < -0.3 is 28.8 Å².